The van der Waals surface area contributed by atoms with Crippen molar-refractivity contribution < 1.29 is 9.47 Å². The average molecular weight is 256 g/mol. The number of hydrogen-bond donors (Lipinski definition) is 1. The largest absolute Gasteiger partial charge is 0.486 e. The third kappa shape index (κ3) is 2.96. The summed E-state index contributed by atoms with van der Waals surface area (Å²) in [7, 11) is 0. The second-order valence-corrected chi connectivity index (χ2v) is 4.39. The van der Waals surface area contributed by atoms with Gasteiger partial charge in [0, 0.05) is 30.7 Å². The average Bonchev–Trinajstić information content (AvgIpc) is 2.48. The van der Waals surface area contributed by atoms with Crippen LogP contribution in [0, 0.1) is 0 Å². The minimum atomic E-state index is 0.619. The van der Waals surface area contributed by atoms with Gasteiger partial charge in [0.1, 0.15) is 13.2 Å². The smallest absolute Gasteiger partial charge is 0.163 e. The molecule has 0 radical (unpaired) electrons. The first kappa shape index (κ1) is 11.8. The van der Waals surface area contributed by atoms with E-state index < -0.39 is 0 Å². The van der Waals surface area contributed by atoms with Crippen molar-refractivity contribution in [2.45, 2.75) is 6.42 Å². The van der Waals surface area contributed by atoms with Gasteiger partial charge in [0.2, 0.25) is 0 Å². The van der Waals surface area contributed by atoms with Crippen LogP contribution in [0.1, 0.15) is 5.56 Å². The fourth-order valence-electron chi connectivity index (χ4n) is 2.05. The highest BCUT2D eigenvalue weighted by Gasteiger charge is 2.11. The normalized spacial score (nSPS) is 13.1. The number of rotatable bonds is 4. The molecule has 4 heteroatoms. The Kier molecular flexibility index (Phi) is 3.49. The summed E-state index contributed by atoms with van der Waals surface area (Å²) in [6, 6.07) is 10.0. The molecule has 1 N–H and O–H groups in total. The van der Waals surface area contributed by atoms with Crippen molar-refractivity contribution in [3.05, 3.63) is 48.3 Å². The van der Waals surface area contributed by atoms with Crippen LogP contribution in [-0.2, 0) is 6.42 Å². The Labute approximate surface area is 112 Å². The van der Waals surface area contributed by atoms with E-state index in [1.807, 2.05) is 42.7 Å². The highest BCUT2D eigenvalue weighted by Crippen LogP contribution is 2.32. The first-order chi connectivity index (χ1) is 9.42. The first-order valence-corrected chi connectivity index (χ1v) is 6.44. The molecule has 0 aliphatic carbocycles. The maximum absolute atomic E-state index is 5.56. The number of anilines is 1. The molecule has 0 atom stereocenters. The van der Waals surface area contributed by atoms with E-state index in [0.29, 0.717) is 13.2 Å². The molecule has 19 heavy (non-hydrogen) atoms. The number of benzene rings is 1. The van der Waals surface area contributed by atoms with Crippen LogP contribution in [0.3, 0.4) is 0 Å². The Morgan fingerprint density at radius 1 is 1.00 bits per heavy atom. The topological polar surface area (TPSA) is 43.4 Å². The SMILES string of the molecule is c1cc(CCNc2ccc3c(c2)OCCO3)ccn1. The molecular formula is C15H16N2O2. The monoisotopic (exact) mass is 256 g/mol. The minimum Gasteiger partial charge on any atom is -0.486 e. The van der Waals surface area contributed by atoms with Gasteiger partial charge in [-0.15, -0.1) is 0 Å². The van der Waals surface area contributed by atoms with Crippen LogP contribution < -0.4 is 14.8 Å². The molecule has 0 saturated heterocycles. The standard InChI is InChI=1S/C15H16N2O2/c1-2-14-15(19-10-9-18-14)11-13(1)17-8-5-12-3-6-16-7-4-12/h1-4,6-7,11,17H,5,8-10H2. The quantitative estimate of drug-likeness (QED) is 0.912. The zero-order valence-corrected chi connectivity index (χ0v) is 10.6. The van der Waals surface area contributed by atoms with E-state index >= 15 is 0 Å². The van der Waals surface area contributed by atoms with Gasteiger partial charge in [0.25, 0.3) is 0 Å². The molecule has 3 rings (SSSR count). The van der Waals surface area contributed by atoms with Crippen molar-refractivity contribution in [2.75, 3.05) is 25.1 Å². The van der Waals surface area contributed by atoms with E-state index in [1.165, 1.54) is 5.56 Å². The third-order valence-electron chi connectivity index (χ3n) is 3.03. The molecule has 1 aliphatic heterocycles. The second kappa shape index (κ2) is 5.61. The molecule has 1 aromatic heterocycles. The number of nitrogens with zero attached hydrogens (tertiary/aromatic N) is 1. The van der Waals surface area contributed by atoms with Crippen LogP contribution in [-0.4, -0.2) is 24.7 Å². The van der Waals surface area contributed by atoms with Gasteiger partial charge >= 0.3 is 0 Å². The van der Waals surface area contributed by atoms with Crippen LogP contribution >= 0.6 is 0 Å². The van der Waals surface area contributed by atoms with Crippen LogP contribution in [0.5, 0.6) is 11.5 Å². The van der Waals surface area contributed by atoms with E-state index in [9.17, 15) is 0 Å². The number of aromatic nitrogens is 1. The van der Waals surface area contributed by atoms with Crippen LogP contribution in [0.15, 0.2) is 42.7 Å². The van der Waals surface area contributed by atoms with Gasteiger partial charge in [0.15, 0.2) is 11.5 Å². The molecule has 98 valence electrons. The molecule has 0 bridgehead atoms. The predicted molar refractivity (Wildman–Crippen MR) is 73.9 cm³/mol. The van der Waals surface area contributed by atoms with Crippen LogP contribution in [0.4, 0.5) is 5.69 Å². The number of fused-ring (bicyclic) bond motifs is 1. The molecule has 0 amide bonds. The summed E-state index contributed by atoms with van der Waals surface area (Å²) in [5, 5.41) is 3.39. The molecule has 0 unspecified atom stereocenters. The van der Waals surface area contributed by atoms with E-state index in [2.05, 4.69) is 10.3 Å². The van der Waals surface area contributed by atoms with Gasteiger partial charge in [-0.3, -0.25) is 4.98 Å². The van der Waals surface area contributed by atoms with E-state index in [0.717, 1.165) is 30.2 Å². The van der Waals surface area contributed by atoms with Crippen LogP contribution in [0.25, 0.3) is 0 Å². The lowest BCUT2D eigenvalue weighted by atomic mass is 10.2. The zero-order valence-electron chi connectivity index (χ0n) is 10.6. The highest BCUT2D eigenvalue weighted by molar-refractivity contribution is 5.55. The number of nitrogens with one attached hydrogen (secondary N) is 1. The molecule has 4 nitrogen and oxygen atoms in total. The summed E-state index contributed by atoms with van der Waals surface area (Å²) >= 11 is 0. The van der Waals surface area contributed by atoms with Gasteiger partial charge in [-0.1, -0.05) is 0 Å². The Hall–Kier alpha value is -2.23. The molecule has 0 spiro atoms. The lowest BCUT2D eigenvalue weighted by molar-refractivity contribution is 0.171. The van der Waals surface area contributed by atoms with Crippen molar-refractivity contribution in [3.63, 3.8) is 0 Å². The summed E-state index contributed by atoms with van der Waals surface area (Å²) in [6.45, 7) is 2.12. The molecule has 1 aliphatic rings. The van der Waals surface area contributed by atoms with Gasteiger partial charge in [-0.25, -0.2) is 0 Å². The zero-order chi connectivity index (χ0) is 12.9. The lowest BCUT2D eigenvalue weighted by Gasteiger charge is -2.19. The van der Waals surface area contributed by atoms with Gasteiger partial charge < -0.3 is 14.8 Å². The fourth-order valence-corrected chi connectivity index (χ4v) is 2.05. The van der Waals surface area contributed by atoms with E-state index in [4.69, 9.17) is 9.47 Å². The number of pyridine rings is 1. The fraction of sp³-hybridized carbons (Fsp3) is 0.267. The van der Waals surface area contributed by atoms with Crippen molar-refractivity contribution in [1.82, 2.24) is 4.98 Å². The molecule has 0 saturated carbocycles. The Balaban J connectivity index is 1.58. The first-order valence-electron chi connectivity index (χ1n) is 6.44. The highest BCUT2D eigenvalue weighted by atomic mass is 16.6. The summed E-state index contributed by atoms with van der Waals surface area (Å²) in [4.78, 5) is 4.01. The number of ether oxygens (including phenoxy) is 2. The molecule has 1 aromatic carbocycles. The van der Waals surface area contributed by atoms with Gasteiger partial charge in [0.05, 0.1) is 0 Å². The Bertz CT molecular complexity index is 543. The summed E-state index contributed by atoms with van der Waals surface area (Å²) in [5.41, 5.74) is 2.33. The predicted octanol–water partition coefficient (Wildman–Crippen LogP) is 2.51. The molecule has 2 aromatic rings. The third-order valence-corrected chi connectivity index (χ3v) is 3.03. The van der Waals surface area contributed by atoms with Crippen molar-refractivity contribution in [3.8, 4) is 11.5 Å². The lowest BCUT2D eigenvalue weighted by Crippen LogP contribution is -2.15. The van der Waals surface area contributed by atoms with Gasteiger partial charge in [-0.05, 0) is 36.2 Å². The maximum Gasteiger partial charge on any atom is 0.163 e. The summed E-state index contributed by atoms with van der Waals surface area (Å²) in [6.07, 6.45) is 4.61. The van der Waals surface area contributed by atoms with Crippen LogP contribution in [0.2, 0.25) is 0 Å². The maximum atomic E-state index is 5.56. The van der Waals surface area contributed by atoms with Crippen molar-refractivity contribution in [2.24, 2.45) is 0 Å². The molecule has 2 heterocycles. The Morgan fingerprint density at radius 2 is 1.79 bits per heavy atom. The Morgan fingerprint density at radius 3 is 2.63 bits per heavy atom. The minimum absolute atomic E-state index is 0.619. The van der Waals surface area contributed by atoms with Crippen molar-refractivity contribution >= 4 is 5.69 Å². The summed E-state index contributed by atoms with van der Waals surface area (Å²) in [5.74, 6) is 1.64. The molecule has 0 fully saturated rings. The number of hydrogen-bond acceptors (Lipinski definition) is 4. The van der Waals surface area contributed by atoms with E-state index in [1.54, 1.807) is 0 Å². The van der Waals surface area contributed by atoms with Crippen molar-refractivity contribution in [1.29, 1.82) is 0 Å². The van der Waals surface area contributed by atoms with E-state index in [-0.39, 0.29) is 0 Å². The summed E-state index contributed by atoms with van der Waals surface area (Å²) < 4.78 is 11.0. The van der Waals surface area contributed by atoms with Gasteiger partial charge in [-0.2, -0.15) is 0 Å². The molecular weight excluding hydrogens is 240 g/mol. The second-order valence-electron chi connectivity index (χ2n) is 4.39.